The van der Waals surface area contributed by atoms with Crippen molar-refractivity contribution in [3.05, 3.63) is 12.2 Å². The number of nitrogens with zero attached hydrogens (tertiary/aromatic N) is 1. The number of allylic oxidation sites excluding steroid dienone is 1. The van der Waals surface area contributed by atoms with Crippen LogP contribution in [0.15, 0.2) is 12.2 Å². The molecule has 0 aromatic rings. The molecular weight excluding hydrogens is 218 g/mol. The van der Waals surface area contributed by atoms with Gasteiger partial charge < -0.3 is 0 Å². The van der Waals surface area contributed by atoms with Crippen LogP contribution >= 0.6 is 11.6 Å². The topological polar surface area (TPSA) is 3.24 Å². The van der Waals surface area contributed by atoms with Crippen molar-refractivity contribution < 1.29 is 0 Å². The van der Waals surface area contributed by atoms with E-state index < -0.39 is 0 Å². The van der Waals surface area contributed by atoms with Crippen LogP contribution in [-0.4, -0.2) is 30.4 Å². The number of hydrogen-bond donors (Lipinski definition) is 0. The molecule has 0 aliphatic heterocycles. The molecule has 0 atom stereocenters. The zero-order valence-corrected chi connectivity index (χ0v) is 12.1. The van der Waals surface area contributed by atoms with Crippen LogP contribution in [0.2, 0.25) is 0 Å². The summed E-state index contributed by atoms with van der Waals surface area (Å²) in [5.41, 5.74) is 0. The highest BCUT2D eigenvalue weighted by atomic mass is 35.5. The van der Waals surface area contributed by atoms with E-state index in [9.17, 15) is 0 Å². The van der Waals surface area contributed by atoms with Crippen molar-refractivity contribution >= 4 is 11.6 Å². The quantitative estimate of drug-likeness (QED) is 0.435. The van der Waals surface area contributed by atoms with Crippen molar-refractivity contribution in [2.75, 3.05) is 25.5 Å². The van der Waals surface area contributed by atoms with Gasteiger partial charge in [0, 0.05) is 12.4 Å². The van der Waals surface area contributed by atoms with E-state index in [0.717, 1.165) is 18.4 Å². The van der Waals surface area contributed by atoms with Gasteiger partial charge in [-0.25, -0.2) is 0 Å². The molecule has 0 radical (unpaired) electrons. The average molecular weight is 246 g/mol. The van der Waals surface area contributed by atoms with Crippen LogP contribution in [0, 0.1) is 11.8 Å². The zero-order chi connectivity index (χ0) is 12.4. The molecule has 0 aliphatic carbocycles. The highest BCUT2D eigenvalue weighted by Crippen LogP contribution is 2.06. The molecule has 0 fully saturated rings. The summed E-state index contributed by atoms with van der Waals surface area (Å²) in [5.74, 6) is 2.21. The predicted octanol–water partition coefficient (Wildman–Crippen LogP) is 4.18. The number of alkyl halides is 1. The van der Waals surface area contributed by atoms with Gasteiger partial charge in [-0.1, -0.05) is 39.8 Å². The lowest BCUT2D eigenvalue weighted by molar-refractivity contribution is 0.266. The first-order valence-electron chi connectivity index (χ1n) is 6.49. The summed E-state index contributed by atoms with van der Waals surface area (Å²) in [6.07, 6.45) is 6.80. The SMILES string of the molecule is CC(C)CCN(C/C=C/CCl)CCC(C)C. The molecule has 0 saturated carbocycles. The monoisotopic (exact) mass is 245 g/mol. The normalized spacial score (nSPS) is 12.5. The number of rotatable bonds is 9. The van der Waals surface area contributed by atoms with E-state index >= 15 is 0 Å². The fourth-order valence-electron chi connectivity index (χ4n) is 1.46. The van der Waals surface area contributed by atoms with Crippen molar-refractivity contribution in [1.29, 1.82) is 0 Å². The lowest BCUT2D eigenvalue weighted by atomic mass is 10.1. The maximum absolute atomic E-state index is 5.63. The summed E-state index contributed by atoms with van der Waals surface area (Å²) >= 11 is 5.63. The summed E-state index contributed by atoms with van der Waals surface area (Å²) in [6.45, 7) is 12.6. The molecular formula is C14H28ClN. The molecule has 2 heteroatoms. The largest absolute Gasteiger partial charge is 0.300 e. The summed E-state index contributed by atoms with van der Waals surface area (Å²) in [4.78, 5) is 2.53. The Balaban J connectivity index is 3.89. The third kappa shape index (κ3) is 10.5. The molecule has 0 saturated heterocycles. The Hall–Kier alpha value is -0.0100. The van der Waals surface area contributed by atoms with E-state index in [-0.39, 0.29) is 0 Å². The number of hydrogen-bond acceptors (Lipinski definition) is 1. The highest BCUT2D eigenvalue weighted by molar-refractivity contribution is 6.18. The highest BCUT2D eigenvalue weighted by Gasteiger charge is 2.05. The molecule has 0 aromatic heterocycles. The Morgan fingerprint density at radius 1 is 0.938 bits per heavy atom. The maximum Gasteiger partial charge on any atom is 0.0404 e. The molecule has 0 spiro atoms. The first kappa shape index (κ1) is 16.0. The van der Waals surface area contributed by atoms with E-state index in [1.165, 1.54) is 25.9 Å². The molecule has 0 heterocycles. The molecule has 0 unspecified atom stereocenters. The third-order valence-electron chi connectivity index (χ3n) is 2.66. The zero-order valence-electron chi connectivity index (χ0n) is 11.4. The predicted molar refractivity (Wildman–Crippen MR) is 75.2 cm³/mol. The maximum atomic E-state index is 5.63. The molecule has 0 rings (SSSR count). The van der Waals surface area contributed by atoms with E-state index in [4.69, 9.17) is 11.6 Å². The van der Waals surface area contributed by atoms with Crippen LogP contribution in [0.4, 0.5) is 0 Å². The minimum atomic E-state index is 0.627. The summed E-state index contributed by atoms with van der Waals surface area (Å²) < 4.78 is 0. The number of halogens is 1. The van der Waals surface area contributed by atoms with Gasteiger partial charge in [-0.3, -0.25) is 4.90 Å². The van der Waals surface area contributed by atoms with E-state index in [2.05, 4.69) is 38.7 Å². The van der Waals surface area contributed by atoms with Crippen molar-refractivity contribution in [2.45, 2.75) is 40.5 Å². The van der Waals surface area contributed by atoms with Crippen molar-refractivity contribution in [3.8, 4) is 0 Å². The van der Waals surface area contributed by atoms with Gasteiger partial charge >= 0.3 is 0 Å². The fourth-order valence-corrected chi connectivity index (χ4v) is 1.59. The minimum absolute atomic E-state index is 0.627. The molecule has 1 nitrogen and oxygen atoms in total. The lowest BCUT2D eigenvalue weighted by Gasteiger charge is -2.22. The van der Waals surface area contributed by atoms with Gasteiger partial charge in [0.1, 0.15) is 0 Å². The second kappa shape index (κ2) is 10.2. The third-order valence-corrected chi connectivity index (χ3v) is 2.84. The van der Waals surface area contributed by atoms with E-state index in [1.807, 2.05) is 6.08 Å². The summed E-state index contributed by atoms with van der Waals surface area (Å²) in [5, 5.41) is 0. The minimum Gasteiger partial charge on any atom is -0.300 e. The van der Waals surface area contributed by atoms with Crippen molar-refractivity contribution in [3.63, 3.8) is 0 Å². The summed E-state index contributed by atoms with van der Waals surface area (Å²) in [7, 11) is 0. The van der Waals surface area contributed by atoms with Crippen molar-refractivity contribution in [1.82, 2.24) is 4.90 Å². The Kier molecular flexibility index (Phi) is 10.2. The van der Waals surface area contributed by atoms with Gasteiger partial charge in [-0.15, -0.1) is 11.6 Å². The Bertz CT molecular complexity index is 164. The second-order valence-electron chi connectivity index (χ2n) is 5.29. The van der Waals surface area contributed by atoms with E-state index in [0.29, 0.717) is 5.88 Å². The van der Waals surface area contributed by atoms with Crippen LogP contribution < -0.4 is 0 Å². The Morgan fingerprint density at radius 2 is 1.44 bits per heavy atom. The standard InChI is InChI=1S/C14H28ClN/c1-13(2)7-11-16(10-6-5-9-15)12-8-14(3)4/h5-6,13-14H,7-12H2,1-4H3/b6-5+. The molecule has 16 heavy (non-hydrogen) atoms. The molecule has 0 aliphatic rings. The van der Waals surface area contributed by atoms with Gasteiger partial charge in [0.05, 0.1) is 0 Å². The molecule has 0 aromatic carbocycles. The van der Waals surface area contributed by atoms with E-state index in [1.54, 1.807) is 0 Å². The second-order valence-corrected chi connectivity index (χ2v) is 5.60. The Labute approximate surface area is 107 Å². The van der Waals surface area contributed by atoms with Crippen LogP contribution in [0.1, 0.15) is 40.5 Å². The lowest BCUT2D eigenvalue weighted by Crippen LogP contribution is -2.28. The molecule has 0 amide bonds. The molecule has 0 N–H and O–H groups in total. The van der Waals surface area contributed by atoms with Gasteiger partial charge in [-0.2, -0.15) is 0 Å². The van der Waals surface area contributed by atoms with Crippen LogP contribution in [0.25, 0.3) is 0 Å². The smallest absolute Gasteiger partial charge is 0.0404 e. The fraction of sp³-hybridized carbons (Fsp3) is 0.857. The average Bonchev–Trinajstić information content (AvgIpc) is 2.21. The van der Waals surface area contributed by atoms with Gasteiger partial charge in [0.2, 0.25) is 0 Å². The van der Waals surface area contributed by atoms with Crippen LogP contribution in [-0.2, 0) is 0 Å². The van der Waals surface area contributed by atoms with Gasteiger partial charge in [-0.05, 0) is 37.8 Å². The molecule has 0 bridgehead atoms. The first-order chi connectivity index (χ1) is 7.56. The summed E-state index contributed by atoms with van der Waals surface area (Å²) in [6, 6.07) is 0. The van der Waals surface area contributed by atoms with Gasteiger partial charge in [0.25, 0.3) is 0 Å². The first-order valence-corrected chi connectivity index (χ1v) is 7.03. The van der Waals surface area contributed by atoms with Crippen molar-refractivity contribution in [2.24, 2.45) is 11.8 Å². The van der Waals surface area contributed by atoms with Crippen LogP contribution in [0.5, 0.6) is 0 Å². The van der Waals surface area contributed by atoms with Crippen LogP contribution in [0.3, 0.4) is 0 Å². The Morgan fingerprint density at radius 3 is 1.81 bits per heavy atom. The van der Waals surface area contributed by atoms with Gasteiger partial charge in [0.15, 0.2) is 0 Å². The molecule has 96 valence electrons.